The number of nitrogens with zero attached hydrogens (tertiary/aromatic N) is 2. The van der Waals surface area contributed by atoms with Crippen LogP contribution >= 0.6 is 11.3 Å². The van der Waals surface area contributed by atoms with Gasteiger partial charge in [-0.25, -0.2) is 0 Å². The zero-order chi connectivity index (χ0) is 42.1. The summed E-state index contributed by atoms with van der Waals surface area (Å²) in [4.78, 5) is 2.39. The van der Waals surface area contributed by atoms with E-state index in [0.717, 1.165) is 66.9 Å². The van der Waals surface area contributed by atoms with Crippen LogP contribution in [0.15, 0.2) is 235 Å². The van der Waals surface area contributed by atoms with Crippen molar-refractivity contribution in [3.05, 3.63) is 231 Å². The maximum absolute atomic E-state index is 6.52. The van der Waals surface area contributed by atoms with Crippen LogP contribution in [0.4, 0.5) is 17.1 Å². The highest BCUT2D eigenvalue weighted by atomic mass is 32.1. The van der Waals surface area contributed by atoms with Crippen LogP contribution in [-0.2, 0) is 0 Å². The van der Waals surface area contributed by atoms with Crippen molar-refractivity contribution in [1.29, 1.82) is 0 Å². The number of hydrogen-bond acceptors (Lipinski definition) is 3. The van der Waals surface area contributed by atoms with Gasteiger partial charge < -0.3 is 13.9 Å². The topological polar surface area (TPSA) is 21.3 Å². The lowest BCUT2D eigenvalue weighted by atomic mass is 9.98. The molecule has 4 heteroatoms. The molecule has 0 fully saturated rings. The number of hydrogen-bond donors (Lipinski definition) is 0. The quantitative estimate of drug-likeness (QED) is 0.159. The molecule has 13 aromatic rings. The number of furan rings is 1. The fourth-order valence-electron chi connectivity index (χ4n) is 9.83. The monoisotopic (exact) mass is 834 g/mol. The number of benzene rings is 10. The predicted molar refractivity (Wildman–Crippen MR) is 272 cm³/mol. The summed E-state index contributed by atoms with van der Waals surface area (Å²) < 4.78 is 11.5. The Morgan fingerprint density at radius 1 is 0.359 bits per heavy atom. The fraction of sp³-hybridized carbons (Fsp3) is 0. The summed E-state index contributed by atoms with van der Waals surface area (Å²) in [6.45, 7) is 0. The first-order chi connectivity index (χ1) is 31.7. The molecule has 0 aliphatic rings. The number of aromatic nitrogens is 1. The van der Waals surface area contributed by atoms with E-state index in [1.807, 2.05) is 17.4 Å². The van der Waals surface area contributed by atoms with Crippen molar-refractivity contribution in [3.8, 4) is 39.1 Å². The molecule has 0 unspecified atom stereocenters. The van der Waals surface area contributed by atoms with Crippen LogP contribution in [0.5, 0.6) is 0 Å². The molecule has 0 N–H and O–H groups in total. The van der Waals surface area contributed by atoms with Crippen LogP contribution in [0.1, 0.15) is 0 Å². The van der Waals surface area contributed by atoms with Gasteiger partial charge in [-0.15, -0.1) is 11.3 Å². The van der Waals surface area contributed by atoms with Crippen LogP contribution in [-0.4, -0.2) is 4.57 Å². The Balaban J connectivity index is 0.911. The lowest BCUT2D eigenvalue weighted by Gasteiger charge is -2.26. The fourth-order valence-corrected chi connectivity index (χ4v) is 11.0. The molecule has 0 aliphatic carbocycles. The molecular formula is C60H38N2OS. The minimum absolute atomic E-state index is 0.892. The van der Waals surface area contributed by atoms with Gasteiger partial charge in [0.1, 0.15) is 11.2 Å². The molecule has 0 saturated carbocycles. The Labute approximate surface area is 373 Å². The molecule has 3 heterocycles. The van der Waals surface area contributed by atoms with E-state index in [2.05, 4.69) is 234 Å². The number of para-hydroxylation sites is 3. The summed E-state index contributed by atoms with van der Waals surface area (Å²) in [6.07, 6.45) is 0. The smallest absolute Gasteiger partial charge is 0.143 e. The summed E-state index contributed by atoms with van der Waals surface area (Å²) in [5, 5.41) is 7.34. The Morgan fingerprint density at radius 2 is 0.953 bits per heavy atom. The van der Waals surface area contributed by atoms with Crippen molar-refractivity contribution in [2.24, 2.45) is 0 Å². The molecule has 3 aromatic heterocycles. The normalized spacial score (nSPS) is 11.8. The molecular weight excluding hydrogens is 797 g/mol. The molecule has 0 aliphatic heterocycles. The van der Waals surface area contributed by atoms with Gasteiger partial charge in [-0.05, 0) is 107 Å². The van der Waals surface area contributed by atoms with E-state index in [-0.39, 0.29) is 0 Å². The van der Waals surface area contributed by atoms with Crippen LogP contribution in [0.25, 0.3) is 103 Å². The van der Waals surface area contributed by atoms with Gasteiger partial charge in [0.25, 0.3) is 0 Å². The first-order valence-corrected chi connectivity index (χ1v) is 22.6. The average molecular weight is 835 g/mol. The molecule has 300 valence electrons. The number of anilines is 3. The summed E-state index contributed by atoms with van der Waals surface area (Å²) in [5.41, 5.74) is 15.6. The van der Waals surface area contributed by atoms with E-state index in [0.29, 0.717) is 0 Å². The van der Waals surface area contributed by atoms with Crippen molar-refractivity contribution in [2.45, 2.75) is 0 Å². The summed E-state index contributed by atoms with van der Waals surface area (Å²) >= 11 is 1.85. The summed E-state index contributed by atoms with van der Waals surface area (Å²) in [5.74, 6) is 0. The highest BCUT2D eigenvalue weighted by molar-refractivity contribution is 7.25. The third-order valence-electron chi connectivity index (χ3n) is 12.8. The summed E-state index contributed by atoms with van der Waals surface area (Å²) in [7, 11) is 0. The maximum atomic E-state index is 6.52. The molecule has 64 heavy (non-hydrogen) atoms. The molecule has 0 atom stereocenters. The molecule has 0 bridgehead atoms. The van der Waals surface area contributed by atoms with E-state index in [4.69, 9.17) is 4.42 Å². The lowest BCUT2D eigenvalue weighted by molar-refractivity contribution is 0.670. The molecule has 0 spiro atoms. The third kappa shape index (κ3) is 5.88. The Hall–Kier alpha value is -8.18. The van der Waals surface area contributed by atoms with Gasteiger partial charge in [0.05, 0.1) is 11.0 Å². The first-order valence-electron chi connectivity index (χ1n) is 21.7. The molecule has 3 nitrogen and oxygen atoms in total. The van der Waals surface area contributed by atoms with Crippen molar-refractivity contribution >= 4 is 92.3 Å². The molecule has 10 aromatic carbocycles. The highest BCUT2D eigenvalue weighted by Gasteiger charge is 2.19. The van der Waals surface area contributed by atoms with Crippen molar-refractivity contribution in [1.82, 2.24) is 4.57 Å². The standard InChI is InChI=1S/C60H38N2OS/c1-3-13-40(14-4-1)48-20-11-21-51-53-37-42(29-36-56(53)63-60(48)51)39-25-30-44(31-26-39)61(46-34-35-50-49-17-8-10-24-57(49)64-58(50)38-46)45-32-27-41(28-33-45)47-19-12-23-55-59(47)52-18-7-9-22-54(52)62(55)43-15-5-2-6-16-43/h1-38H. The van der Waals surface area contributed by atoms with Gasteiger partial charge in [0.15, 0.2) is 0 Å². The SMILES string of the molecule is c1ccc(-c2cccc3c2oc2ccc(-c4ccc(N(c5ccc(-c6cccc7c6c6ccccc6n7-c6ccccc6)cc5)c5ccc6c(c5)sc5ccccc56)cc4)cc23)cc1. The number of thiophene rings is 1. The van der Waals surface area contributed by atoms with Crippen LogP contribution in [0, 0.1) is 0 Å². The van der Waals surface area contributed by atoms with Crippen molar-refractivity contribution < 1.29 is 4.42 Å². The van der Waals surface area contributed by atoms with Crippen LogP contribution < -0.4 is 4.90 Å². The van der Waals surface area contributed by atoms with Crippen molar-refractivity contribution in [3.63, 3.8) is 0 Å². The largest absolute Gasteiger partial charge is 0.455 e. The second kappa shape index (κ2) is 14.7. The van der Waals surface area contributed by atoms with E-state index in [9.17, 15) is 0 Å². The molecule has 13 rings (SSSR count). The van der Waals surface area contributed by atoms with E-state index in [1.165, 1.54) is 53.1 Å². The van der Waals surface area contributed by atoms with Gasteiger partial charge in [-0.1, -0.05) is 152 Å². The zero-order valence-electron chi connectivity index (χ0n) is 34.7. The summed E-state index contributed by atoms with van der Waals surface area (Å²) in [6, 6.07) is 83.3. The van der Waals surface area contributed by atoms with Crippen LogP contribution in [0.3, 0.4) is 0 Å². The Morgan fingerprint density at radius 3 is 1.77 bits per heavy atom. The zero-order valence-corrected chi connectivity index (χ0v) is 35.5. The van der Waals surface area contributed by atoms with E-state index < -0.39 is 0 Å². The van der Waals surface area contributed by atoms with Gasteiger partial charge >= 0.3 is 0 Å². The van der Waals surface area contributed by atoms with Crippen LogP contribution in [0.2, 0.25) is 0 Å². The third-order valence-corrected chi connectivity index (χ3v) is 13.9. The number of rotatable bonds is 7. The van der Waals surface area contributed by atoms with E-state index in [1.54, 1.807) is 0 Å². The van der Waals surface area contributed by atoms with E-state index >= 15 is 0 Å². The van der Waals surface area contributed by atoms with Gasteiger partial charge in [0, 0.05) is 70.0 Å². The Kier molecular flexibility index (Phi) is 8.40. The van der Waals surface area contributed by atoms with Gasteiger partial charge in [-0.2, -0.15) is 0 Å². The first kappa shape index (κ1) is 36.5. The second-order valence-corrected chi connectivity index (χ2v) is 17.5. The number of fused-ring (bicyclic) bond motifs is 9. The maximum Gasteiger partial charge on any atom is 0.143 e. The molecule has 0 amide bonds. The average Bonchev–Trinajstić information content (AvgIpc) is 4.04. The predicted octanol–water partition coefficient (Wildman–Crippen LogP) is 17.5. The highest BCUT2D eigenvalue weighted by Crippen LogP contribution is 2.44. The molecule has 0 radical (unpaired) electrons. The second-order valence-electron chi connectivity index (χ2n) is 16.5. The lowest BCUT2D eigenvalue weighted by Crippen LogP contribution is -2.09. The Bertz CT molecular complexity index is 3880. The van der Waals surface area contributed by atoms with Gasteiger partial charge in [-0.3, -0.25) is 0 Å². The minimum Gasteiger partial charge on any atom is -0.455 e. The van der Waals surface area contributed by atoms with Crippen molar-refractivity contribution in [2.75, 3.05) is 4.90 Å². The van der Waals surface area contributed by atoms with Gasteiger partial charge in [0.2, 0.25) is 0 Å². The molecule has 0 saturated heterocycles. The minimum atomic E-state index is 0.892.